The van der Waals surface area contributed by atoms with Gasteiger partial charge in [-0.1, -0.05) is 41.9 Å². The van der Waals surface area contributed by atoms with E-state index in [9.17, 15) is 0 Å². The van der Waals surface area contributed by atoms with Gasteiger partial charge < -0.3 is 5.32 Å². The van der Waals surface area contributed by atoms with Gasteiger partial charge in [0.25, 0.3) is 0 Å². The van der Waals surface area contributed by atoms with Crippen LogP contribution in [0, 0.1) is 0 Å². The Kier molecular flexibility index (Phi) is 4.06. The Morgan fingerprint density at radius 1 is 1.15 bits per heavy atom. The van der Waals surface area contributed by atoms with Crippen LogP contribution in [0.3, 0.4) is 0 Å². The number of hydrogen-bond acceptors (Lipinski definition) is 2. The molecule has 0 saturated carbocycles. The molecule has 1 heterocycles. The highest BCUT2D eigenvalue weighted by Gasteiger charge is 2.14. The van der Waals surface area contributed by atoms with Crippen molar-refractivity contribution in [3.05, 3.63) is 70.1 Å². The Morgan fingerprint density at radius 3 is 2.80 bits per heavy atom. The molecule has 0 aliphatic rings. The van der Waals surface area contributed by atoms with Gasteiger partial charge in [-0.3, -0.25) is 0 Å². The summed E-state index contributed by atoms with van der Waals surface area (Å²) in [5, 5.41) is 7.83. The van der Waals surface area contributed by atoms with E-state index in [2.05, 4.69) is 41.0 Å². The van der Waals surface area contributed by atoms with Crippen molar-refractivity contribution in [2.24, 2.45) is 0 Å². The molecule has 1 aromatic heterocycles. The van der Waals surface area contributed by atoms with Gasteiger partial charge in [0, 0.05) is 15.8 Å². The molecule has 0 aliphatic heterocycles. The van der Waals surface area contributed by atoms with Gasteiger partial charge in [-0.2, -0.15) is 0 Å². The molecule has 0 saturated heterocycles. The number of likely N-dealkylation sites (N-methyl/N-ethyl adjacent to an activating group) is 1. The van der Waals surface area contributed by atoms with E-state index in [4.69, 9.17) is 11.6 Å². The summed E-state index contributed by atoms with van der Waals surface area (Å²) in [4.78, 5) is 0. The smallest absolute Gasteiger partial charge is 0.0408 e. The number of nitrogens with one attached hydrogen (secondary N) is 1. The Hall–Kier alpha value is -1.35. The summed E-state index contributed by atoms with van der Waals surface area (Å²) in [6, 6.07) is 17.0. The number of halogens is 1. The van der Waals surface area contributed by atoms with Gasteiger partial charge in [0.05, 0.1) is 0 Å². The zero-order valence-electron chi connectivity index (χ0n) is 11.3. The molecule has 1 N–H and O–H groups in total. The summed E-state index contributed by atoms with van der Waals surface area (Å²) in [5.74, 6) is 0. The minimum atomic E-state index is 0.310. The maximum Gasteiger partial charge on any atom is 0.0408 e. The SMILES string of the molecule is CNC(Cc1cccc(Cl)c1)c1csc2ccccc12. The first-order valence-electron chi connectivity index (χ1n) is 6.66. The first-order chi connectivity index (χ1) is 9.78. The van der Waals surface area contributed by atoms with Crippen molar-refractivity contribution in [1.29, 1.82) is 0 Å². The van der Waals surface area contributed by atoms with Crippen molar-refractivity contribution in [3.63, 3.8) is 0 Å². The minimum Gasteiger partial charge on any atom is -0.313 e. The standard InChI is InChI=1S/C17H16ClNS/c1-19-16(10-12-5-4-6-13(18)9-12)15-11-20-17-8-3-2-7-14(15)17/h2-9,11,16,19H,10H2,1H3. The molecule has 2 aromatic carbocycles. The summed E-state index contributed by atoms with van der Waals surface area (Å²) >= 11 is 7.88. The zero-order chi connectivity index (χ0) is 13.9. The van der Waals surface area contributed by atoms with Crippen LogP contribution in [0.5, 0.6) is 0 Å². The van der Waals surface area contributed by atoms with E-state index < -0.39 is 0 Å². The molecule has 0 aliphatic carbocycles. The molecule has 3 rings (SSSR count). The van der Waals surface area contributed by atoms with E-state index in [0.29, 0.717) is 6.04 Å². The maximum absolute atomic E-state index is 6.07. The fourth-order valence-electron chi connectivity index (χ4n) is 2.54. The third-order valence-electron chi connectivity index (χ3n) is 3.56. The van der Waals surface area contributed by atoms with Crippen molar-refractivity contribution in [2.75, 3.05) is 7.05 Å². The highest BCUT2D eigenvalue weighted by atomic mass is 35.5. The van der Waals surface area contributed by atoms with Gasteiger partial charge in [-0.25, -0.2) is 0 Å². The van der Waals surface area contributed by atoms with Crippen LogP contribution in [0.25, 0.3) is 10.1 Å². The van der Waals surface area contributed by atoms with Crippen molar-refractivity contribution in [2.45, 2.75) is 12.5 Å². The van der Waals surface area contributed by atoms with Crippen LogP contribution in [0.1, 0.15) is 17.2 Å². The molecule has 20 heavy (non-hydrogen) atoms. The van der Waals surface area contributed by atoms with Gasteiger partial charge >= 0.3 is 0 Å². The Bertz CT molecular complexity index is 720. The second kappa shape index (κ2) is 5.96. The van der Waals surface area contributed by atoms with E-state index in [0.717, 1.165) is 11.4 Å². The van der Waals surface area contributed by atoms with Crippen molar-refractivity contribution >= 4 is 33.0 Å². The average Bonchev–Trinajstić information content (AvgIpc) is 2.89. The monoisotopic (exact) mass is 301 g/mol. The number of hydrogen-bond donors (Lipinski definition) is 1. The number of thiophene rings is 1. The summed E-state index contributed by atoms with van der Waals surface area (Å²) in [6.07, 6.45) is 0.942. The predicted molar refractivity (Wildman–Crippen MR) is 88.8 cm³/mol. The maximum atomic E-state index is 6.07. The molecule has 3 heteroatoms. The third-order valence-corrected chi connectivity index (χ3v) is 4.78. The van der Waals surface area contributed by atoms with Crippen LogP contribution in [0.4, 0.5) is 0 Å². The lowest BCUT2D eigenvalue weighted by atomic mass is 9.98. The summed E-state index contributed by atoms with van der Waals surface area (Å²) in [7, 11) is 2.02. The fourth-order valence-corrected chi connectivity index (χ4v) is 3.76. The molecule has 0 amide bonds. The Balaban J connectivity index is 1.93. The molecule has 0 spiro atoms. The quantitative estimate of drug-likeness (QED) is 0.710. The van der Waals surface area contributed by atoms with Crippen molar-refractivity contribution < 1.29 is 0 Å². The Labute approximate surface area is 128 Å². The molecule has 1 unspecified atom stereocenters. The molecule has 1 nitrogen and oxygen atoms in total. The van der Waals surface area contributed by atoms with Gasteiger partial charge in [0.2, 0.25) is 0 Å². The number of fused-ring (bicyclic) bond motifs is 1. The summed E-state index contributed by atoms with van der Waals surface area (Å²) < 4.78 is 1.34. The van der Waals surface area contributed by atoms with E-state index in [1.807, 2.05) is 25.2 Å². The van der Waals surface area contributed by atoms with Crippen LogP contribution in [-0.2, 0) is 6.42 Å². The van der Waals surface area contributed by atoms with E-state index in [-0.39, 0.29) is 0 Å². The fraction of sp³-hybridized carbons (Fsp3) is 0.176. The normalized spacial score (nSPS) is 12.7. The molecular formula is C17H16ClNS. The van der Waals surface area contributed by atoms with Gasteiger partial charge in [-0.05, 0) is 53.6 Å². The third kappa shape index (κ3) is 2.73. The van der Waals surface area contributed by atoms with Crippen LogP contribution in [-0.4, -0.2) is 7.05 Å². The van der Waals surface area contributed by atoms with Crippen LogP contribution < -0.4 is 5.32 Å². The molecule has 0 fully saturated rings. The summed E-state index contributed by atoms with van der Waals surface area (Å²) in [5.41, 5.74) is 2.63. The second-order valence-corrected chi connectivity index (χ2v) is 6.21. The first kappa shape index (κ1) is 13.6. The topological polar surface area (TPSA) is 12.0 Å². The second-order valence-electron chi connectivity index (χ2n) is 4.86. The largest absolute Gasteiger partial charge is 0.313 e. The van der Waals surface area contributed by atoms with E-state index in [1.165, 1.54) is 21.2 Å². The van der Waals surface area contributed by atoms with Crippen molar-refractivity contribution in [1.82, 2.24) is 5.32 Å². The highest BCUT2D eigenvalue weighted by Crippen LogP contribution is 2.31. The number of benzene rings is 2. The molecule has 102 valence electrons. The first-order valence-corrected chi connectivity index (χ1v) is 7.91. The van der Waals surface area contributed by atoms with Crippen LogP contribution in [0.2, 0.25) is 5.02 Å². The van der Waals surface area contributed by atoms with E-state index >= 15 is 0 Å². The summed E-state index contributed by atoms with van der Waals surface area (Å²) in [6.45, 7) is 0. The van der Waals surface area contributed by atoms with Crippen molar-refractivity contribution in [3.8, 4) is 0 Å². The molecular weight excluding hydrogens is 286 g/mol. The lowest BCUT2D eigenvalue weighted by molar-refractivity contribution is 0.598. The predicted octanol–water partition coefficient (Wildman–Crippen LogP) is 5.06. The minimum absolute atomic E-state index is 0.310. The molecule has 1 atom stereocenters. The molecule has 3 aromatic rings. The van der Waals surface area contributed by atoms with E-state index in [1.54, 1.807) is 11.3 Å². The van der Waals surface area contributed by atoms with Gasteiger partial charge in [0.15, 0.2) is 0 Å². The molecule has 0 radical (unpaired) electrons. The van der Waals surface area contributed by atoms with Crippen LogP contribution >= 0.6 is 22.9 Å². The van der Waals surface area contributed by atoms with Gasteiger partial charge in [0.1, 0.15) is 0 Å². The lowest BCUT2D eigenvalue weighted by Crippen LogP contribution is -2.18. The Morgan fingerprint density at radius 2 is 2.00 bits per heavy atom. The van der Waals surface area contributed by atoms with Crippen LogP contribution in [0.15, 0.2) is 53.9 Å². The number of rotatable bonds is 4. The zero-order valence-corrected chi connectivity index (χ0v) is 12.8. The molecule has 0 bridgehead atoms. The lowest BCUT2D eigenvalue weighted by Gasteiger charge is -2.16. The average molecular weight is 302 g/mol. The highest BCUT2D eigenvalue weighted by molar-refractivity contribution is 7.17. The van der Waals surface area contributed by atoms with Gasteiger partial charge in [-0.15, -0.1) is 11.3 Å².